The maximum Gasteiger partial charge on any atom is 0.0809 e. The molecule has 0 atom stereocenters. The molecule has 0 amide bonds. The summed E-state index contributed by atoms with van der Waals surface area (Å²) in [5.74, 6) is 1.50. The average molecular weight is 201 g/mol. The fraction of sp³-hybridized carbons (Fsp3) is 1.00. The van der Waals surface area contributed by atoms with Crippen molar-refractivity contribution in [2.75, 3.05) is 19.8 Å². The Morgan fingerprint density at radius 1 is 1.50 bits per heavy atom. The summed E-state index contributed by atoms with van der Waals surface area (Å²) in [4.78, 5) is 0. The Bertz CT molecular complexity index is 165. The van der Waals surface area contributed by atoms with E-state index < -0.39 is 0 Å². The van der Waals surface area contributed by atoms with E-state index in [2.05, 4.69) is 13.8 Å². The van der Waals surface area contributed by atoms with Gasteiger partial charge < -0.3 is 15.6 Å². The van der Waals surface area contributed by atoms with Gasteiger partial charge in [0, 0.05) is 19.8 Å². The van der Waals surface area contributed by atoms with Gasteiger partial charge in [0.05, 0.1) is 5.60 Å². The number of aliphatic hydroxyl groups excluding tert-OH is 1. The molecule has 0 heterocycles. The number of aliphatic hydroxyl groups is 1. The second kappa shape index (κ2) is 5.10. The Morgan fingerprint density at radius 3 is 2.57 bits per heavy atom. The maximum atomic E-state index is 8.66. The molecule has 0 bridgehead atoms. The number of hydrogen-bond donors (Lipinski definition) is 2. The van der Waals surface area contributed by atoms with Gasteiger partial charge >= 0.3 is 0 Å². The van der Waals surface area contributed by atoms with Gasteiger partial charge in [0.1, 0.15) is 0 Å². The van der Waals surface area contributed by atoms with Gasteiger partial charge in [0.2, 0.25) is 0 Å². The van der Waals surface area contributed by atoms with Crippen LogP contribution in [0.2, 0.25) is 0 Å². The molecule has 84 valence electrons. The monoisotopic (exact) mass is 201 g/mol. The highest BCUT2D eigenvalue weighted by molar-refractivity contribution is 4.97. The molecule has 1 fully saturated rings. The fourth-order valence-electron chi connectivity index (χ4n) is 2.06. The first-order chi connectivity index (χ1) is 6.63. The van der Waals surface area contributed by atoms with E-state index in [0.29, 0.717) is 19.6 Å². The molecule has 1 saturated carbocycles. The van der Waals surface area contributed by atoms with Crippen LogP contribution in [-0.4, -0.2) is 30.5 Å². The molecule has 3 heteroatoms. The zero-order chi connectivity index (χ0) is 10.6. The highest BCUT2D eigenvalue weighted by atomic mass is 16.5. The van der Waals surface area contributed by atoms with E-state index in [1.54, 1.807) is 0 Å². The second-order valence-electron chi connectivity index (χ2n) is 4.73. The van der Waals surface area contributed by atoms with Crippen molar-refractivity contribution in [1.82, 2.24) is 0 Å². The van der Waals surface area contributed by atoms with E-state index in [1.165, 1.54) is 0 Å². The highest BCUT2D eigenvalue weighted by Gasteiger charge is 2.45. The molecule has 0 aliphatic heterocycles. The minimum absolute atomic E-state index is 0.0654. The second-order valence-corrected chi connectivity index (χ2v) is 4.73. The van der Waals surface area contributed by atoms with Crippen LogP contribution in [0, 0.1) is 11.8 Å². The van der Waals surface area contributed by atoms with Gasteiger partial charge in [-0.05, 0) is 31.1 Å². The summed E-state index contributed by atoms with van der Waals surface area (Å²) >= 11 is 0. The molecule has 0 aromatic rings. The van der Waals surface area contributed by atoms with E-state index in [9.17, 15) is 0 Å². The van der Waals surface area contributed by atoms with Crippen molar-refractivity contribution in [3.63, 3.8) is 0 Å². The van der Waals surface area contributed by atoms with Gasteiger partial charge in [0.25, 0.3) is 0 Å². The third-order valence-corrected chi connectivity index (χ3v) is 3.29. The van der Waals surface area contributed by atoms with Crippen LogP contribution in [0.4, 0.5) is 0 Å². The minimum atomic E-state index is -0.0654. The zero-order valence-corrected chi connectivity index (χ0v) is 9.33. The first kappa shape index (κ1) is 12.0. The van der Waals surface area contributed by atoms with Gasteiger partial charge in [-0.25, -0.2) is 0 Å². The van der Waals surface area contributed by atoms with Crippen LogP contribution in [-0.2, 0) is 4.74 Å². The van der Waals surface area contributed by atoms with Crippen molar-refractivity contribution in [3.05, 3.63) is 0 Å². The molecule has 0 radical (unpaired) electrons. The van der Waals surface area contributed by atoms with Gasteiger partial charge in [-0.3, -0.25) is 0 Å². The van der Waals surface area contributed by atoms with Crippen molar-refractivity contribution in [3.8, 4) is 0 Å². The molecular weight excluding hydrogens is 178 g/mol. The third kappa shape index (κ3) is 2.69. The standard InChI is InChI=1S/C11H23NO2/c1-9(2)10-6-11(7-10,8-12)14-5-3-4-13/h9-10,13H,3-8,12H2,1-2H3. The van der Waals surface area contributed by atoms with Gasteiger partial charge in [-0.2, -0.15) is 0 Å². The number of nitrogens with two attached hydrogens (primary N) is 1. The molecule has 1 aliphatic rings. The highest BCUT2D eigenvalue weighted by Crippen LogP contribution is 2.44. The van der Waals surface area contributed by atoms with Crippen LogP contribution in [0.25, 0.3) is 0 Å². The summed E-state index contributed by atoms with van der Waals surface area (Å²) < 4.78 is 5.75. The maximum absolute atomic E-state index is 8.66. The first-order valence-electron chi connectivity index (χ1n) is 5.58. The van der Waals surface area contributed by atoms with Gasteiger partial charge in [-0.15, -0.1) is 0 Å². The molecule has 0 aromatic carbocycles. The molecule has 3 nitrogen and oxygen atoms in total. The topological polar surface area (TPSA) is 55.5 Å². The van der Waals surface area contributed by atoms with Crippen molar-refractivity contribution >= 4 is 0 Å². The van der Waals surface area contributed by atoms with Crippen molar-refractivity contribution in [2.24, 2.45) is 17.6 Å². The Labute approximate surface area is 86.6 Å². The Hall–Kier alpha value is -0.120. The molecular formula is C11H23NO2. The lowest BCUT2D eigenvalue weighted by Crippen LogP contribution is -2.53. The first-order valence-corrected chi connectivity index (χ1v) is 5.58. The summed E-state index contributed by atoms with van der Waals surface area (Å²) in [6, 6.07) is 0. The van der Waals surface area contributed by atoms with Crippen LogP contribution >= 0.6 is 0 Å². The lowest BCUT2D eigenvalue weighted by atomic mass is 9.66. The van der Waals surface area contributed by atoms with E-state index in [1.807, 2.05) is 0 Å². The minimum Gasteiger partial charge on any atom is -0.396 e. The summed E-state index contributed by atoms with van der Waals surface area (Å²) in [7, 11) is 0. The summed E-state index contributed by atoms with van der Waals surface area (Å²) in [5, 5.41) is 8.66. The lowest BCUT2D eigenvalue weighted by molar-refractivity contribution is -0.133. The van der Waals surface area contributed by atoms with E-state index >= 15 is 0 Å². The van der Waals surface area contributed by atoms with Crippen LogP contribution in [0.15, 0.2) is 0 Å². The molecule has 0 aromatic heterocycles. The Kier molecular flexibility index (Phi) is 4.35. The summed E-state index contributed by atoms with van der Waals surface area (Å²) in [5.41, 5.74) is 5.66. The largest absolute Gasteiger partial charge is 0.396 e. The lowest BCUT2D eigenvalue weighted by Gasteiger charge is -2.48. The summed E-state index contributed by atoms with van der Waals surface area (Å²) in [6.07, 6.45) is 2.90. The predicted molar refractivity (Wildman–Crippen MR) is 57.0 cm³/mol. The van der Waals surface area contributed by atoms with Crippen LogP contribution < -0.4 is 5.73 Å². The average Bonchev–Trinajstić information content (AvgIpc) is 2.09. The summed E-state index contributed by atoms with van der Waals surface area (Å²) in [6.45, 7) is 5.95. The van der Waals surface area contributed by atoms with Crippen LogP contribution in [0.5, 0.6) is 0 Å². The Morgan fingerprint density at radius 2 is 2.14 bits per heavy atom. The van der Waals surface area contributed by atoms with Crippen molar-refractivity contribution < 1.29 is 9.84 Å². The van der Waals surface area contributed by atoms with Crippen LogP contribution in [0.3, 0.4) is 0 Å². The normalized spacial score (nSPS) is 31.9. The fourth-order valence-corrected chi connectivity index (χ4v) is 2.06. The smallest absolute Gasteiger partial charge is 0.0809 e. The van der Waals surface area contributed by atoms with Gasteiger partial charge in [-0.1, -0.05) is 13.8 Å². The molecule has 0 saturated heterocycles. The van der Waals surface area contributed by atoms with Crippen molar-refractivity contribution in [2.45, 2.75) is 38.7 Å². The Balaban J connectivity index is 2.26. The molecule has 0 spiro atoms. The third-order valence-electron chi connectivity index (χ3n) is 3.29. The SMILES string of the molecule is CC(C)C1CC(CN)(OCCCO)C1. The molecule has 0 unspecified atom stereocenters. The number of rotatable bonds is 6. The van der Waals surface area contributed by atoms with Crippen molar-refractivity contribution in [1.29, 1.82) is 0 Å². The molecule has 1 rings (SSSR count). The van der Waals surface area contributed by atoms with Crippen LogP contribution in [0.1, 0.15) is 33.1 Å². The number of hydrogen-bond acceptors (Lipinski definition) is 3. The number of ether oxygens (including phenoxy) is 1. The zero-order valence-electron chi connectivity index (χ0n) is 9.33. The van der Waals surface area contributed by atoms with Gasteiger partial charge in [0.15, 0.2) is 0 Å². The van der Waals surface area contributed by atoms with E-state index in [0.717, 1.165) is 24.7 Å². The molecule has 14 heavy (non-hydrogen) atoms. The molecule has 3 N–H and O–H groups in total. The molecule has 1 aliphatic carbocycles. The van der Waals surface area contributed by atoms with E-state index in [4.69, 9.17) is 15.6 Å². The predicted octanol–water partition coefficient (Wildman–Crippen LogP) is 1.15. The quantitative estimate of drug-likeness (QED) is 0.634. The van der Waals surface area contributed by atoms with E-state index in [-0.39, 0.29) is 12.2 Å².